The van der Waals surface area contributed by atoms with Crippen molar-refractivity contribution in [3.8, 4) is 0 Å². The number of guanidine groups is 1. The molecule has 0 unspecified atom stereocenters. The Labute approximate surface area is 140 Å². The van der Waals surface area contributed by atoms with Crippen LogP contribution in [0.1, 0.15) is 18.6 Å². The Kier molecular flexibility index (Phi) is 4.74. The maximum absolute atomic E-state index is 4.66. The number of hydrogen-bond acceptors (Lipinski definition) is 4. The lowest BCUT2D eigenvalue weighted by atomic mass is 10.3. The molecular weight excluding hydrogens is 304 g/mol. The van der Waals surface area contributed by atoms with Crippen molar-refractivity contribution in [1.29, 1.82) is 0 Å². The van der Waals surface area contributed by atoms with E-state index in [1.54, 1.807) is 4.68 Å². The first kappa shape index (κ1) is 16.0. The molecule has 0 amide bonds. The summed E-state index contributed by atoms with van der Waals surface area (Å²) in [5.74, 6) is 2.50. The molecule has 0 saturated carbocycles. The summed E-state index contributed by atoms with van der Waals surface area (Å²) < 4.78 is 3.81. The van der Waals surface area contributed by atoms with Crippen molar-refractivity contribution < 1.29 is 0 Å². The van der Waals surface area contributed by atoms with E-state index >= 15 is 0 Å². The quantitative estimate of drug-likeness (QED) is 0.539. The molecule has 3 aromatic rings. The van der Waals surface area contributed by atoms with Gasteiger partial charge in [0.15, 0.2) is 5.96 Å². The summed E-state index contributed by atoms with van der Waals surface area (Å²) in [7, 11) is 3.88. The topological polar surface area (TPSA) is 84.9 Å². The molecule has 2 aromatic heterocycles. The van der Waals surface area contributed by atoms with E-state index in [2.05, 4.69) is 41.3 Å². The molecule has 0 aliphatic heterocycles. The number of para-hydroxylation sites is 2. The highest BCUT2D eigenvalue weighted by atomic mass is 15.3. The number of aliphatic imine (C=N–C) groups is 1. The van der Waals surface area contributed by atoms with Crippen molar-refractivity contribution >= 4 is 17.0 Å². The van der Waals surface area contributed by atoms with Gasteiger partial charge in [0.05, 0.1) is 17.6 Å². The SMILES string of the molecule is CCNC(=NCc1ncnn1C)NCc1nc2ccccc2n1C. The predicted octanol–water partition coefficient (Wildman–Crippen LogP) is 0.957. The first-order valence-electron chi connectivity index (χ1n) is 7.94. The van der Waals surface area contributed by atoms with E-state index in [1.807, 2.05) is 39.2 Å². The molecule has 0 fully saturated rings. The van der Waals surface area contributed by atoms with Gasteiger partial charge in [-0.1, -0.05) is 12.1 Å². The lowest BCUT2D eigenvalue weighted by Crippen LogP contribution is -2.37. The van der Waals surface area contributed by atoms with Gasteiger partial charge in [-0.05, 0) is 19.1 Å². The number of imidazole rings is 1. The molecule has 24 heavy (non-hydrogen) atoms. The second kappa shape index (κ2) is 7.12. The second-order valence-corrected chi connectivity index (χ2v) is 5.42. The third-order valence-corrected chi connectivity index (χ3v) is 3.82. The maximum atomic E-state index is 4.66. The highest BCUT2D eigenvalue weighted by molar-refractivity contribution is 5.80. The smallest absolute Gasteiger partial charge is 0.192 e. The summed E-state index contributed by atoms with van der Waals surface area (Å²) in [6.07, 6.45) is 1.53. The highest BCUT2D eigenvalue weighted by Gasteiger charge is 2.08. The molecule has 0 bridgehead atoms. The van der Waals surface area contributed by atoms with Crippen LogP contribution >= 0.6 is 0 Å². The zero-order valence-electron chi connectivity index (χ0n) is 14.2. The van der Waals surface area contributed by atoms with Crippen LogP contribution in [0, 0.1) is 0 Å². The Balaban J connectivity index is 1.71. The van der Waals surface area contributed by atoms with Crippen LogP contribution in [0.4, 0.5) is 0 Å². The average molecular weight is 326 g/mol. The summed E-state index contributed by atoms with van der Waals surface area (Å²) in [5, 5.41) is 10.6. The lowest BCUT2D eigenvalue weighted by Gasteiger charge is -2.11. The number of fused-ring (bicyclic) bond motifs is 1. The van der Waals surface area contributed by atoms with E-state index in [0.717, 1.165) is 35.2 Å². The fourth-order valence-corrected chi connectivity index (χ4v) is 2.47. The van der Waals surface area contributed by atoms with Gasteiger partial charge in [0.1, 0.15) is 24.5 Å². The van der Waals surface area contributed by atoms with Crippen LogP contribution in [0.25, 0.3) is 11.0 Å². The van der Waals surface area contributed by atoms with Crippen molar-refractivity contribution in [2.45, 2.75) is 20.0 Å². The minimum absolute atomic E-state index is 0.467. The van der Waals surface area contributed by atoms with Gasteiger partial charge >= 0.3 is 0 Å². The van der Waals surface area contributed by atoms with E-state index in [1.165, 1.54) is 6.33 Å². The Bertz CT molecular complexity index is 845. The van der Waals surface area contributed by atoms with Crippen LogP contribution in [-0.4, -0.2) is 36.8 Å². The van der Waals surface area contributed by atoms with Crippen molar-refractivity contribution in [3.63, 3.8) is 0 Å². The van der Waals surface area contributed by atoms with Gasteiger partial charge in [0.25, 0.3) is 0 Å². The average Bonchev–Trinajstić information content (AvgIpc) is 3.14. The van der Waals surface area contributed by atoms with Crippen molar-refractivity contribution in [3.05, 3.63) is 42.2 Å². The molecule has 0 saturated heterocycles. The molecule has 8 heteroatoms. The number of aryl methyl sites for hydroxylation is 2. The normalized spacial score (nSPS) is 11.9. The fourth-order valence-electron chi connectivity index (χ4n) is 2.47. The molecule has 0 spiro atoms. The van der Waals surface area contributed by atoms with E-state index < -0.39 is 0 Å². The van der Waals surface area contributed by atoms with Gasteiger partial charge in [-0.15, -0.1) is 0 Å². The first-order valence-corrected chi connectivity index (χ1v) is 7.94. The summed E-state index contributed by atoms with van der Waals surface area (Å²) in [6.45, 7) is 3.88. The number of aromatic nitrogens is 5. The third kappa shape index (κ3) is 3.37. The molecule has 0 aliphatic rings. The molecule has 0 aliphatic carbocycles. The summed E-state index contributed by atoms with van der Waals surface area (Å²) in [4.78, 5) is 13.4. The predicted molar refractivity (Wildman–Crippen MR) is 93.4 cm³/mol. The van der Waals surface area contributed by atoms with Gasteiger partial charge < -0.3 is 15.2 Å². The lowest BCUT2D eigenvalue weighted by molar-refractivity contribution is 0.693. The zero-order valence-corrected chi connectivity index (χ0v) is 14.2. The number of nitrogens with one attached hydrogen (secondary N) is 2. The second-order valence-electron chi connectivity index (χ2n) is 5.42. The standard InChI is InChI=1S/C16H22N8/c1-4-17-16(18-9-14-20-11-21-24(14)3)19-10-15-22-12-7-5-6-8-13(12)23(15)2/h5-8,11H,4,9-10H2,1-3H3,(H2,17,18,19). The van der Waals surface area contributed by atoms with Gasteiger partial charge in [0.2, 0.25) is 0 Å². The van der Waals surface area contributed by atoms with E-state index in [-0.39, 0.29) is 0 Å². The van der Waals surface area contributed by atoms with Gasteiger partial charge in [-0.25, -0.2) is 15.0 Å². The van der Waals surface area contributed by atoms with Crippen molar-refractivity contribution in [2.75, 3.05) is 6.54 Å². The minimum Gasteiger partial charge on any atom is -0.357 e. The van der Waals surface area contributed by atoms with E-state index in [4.69, 9.17) is 0 Å². The summed E-state index contributed by atoms with van der Waals surface area (Å²) in [6, 6.07) is 8.11. The molecule has 0 radical (unpaired) electrons. The van der Waals surface area contributed by atoms with Crippen LogP contribution in [-0.2, 0) is 27.2 Å². The van der Waals surface area contributed by atoms with Crippen LogP contribution in [0.2, 0.25) is 0 Å². The Morgan fingerprint density at radius 3 is 2.71 bits per heavy atom. The summed E-state index contributed by atoms with van der Waals surface area (Å²) in [5.41, 5.74) is 2.12. The molecule has 3 rings (SSSR count). The molecular formula is C16H22N8. The van der Waals surface area contributed by atoms with Crippen LogP contribution in [0.15, 0.2) is 35.6 Å². The van der Waals surface area contributed by atoms with Crippen LogP contribution < -0.4 is 10.6 Å². The largest absolute Gasteiger partial charge is 0.357 e. The molecule has 8 nitrogen and oxygen atoms in total. The van der Waals surface area contributed by atoms with Gasteiger partial charge in [-0.3, -0.25) is 4.68 Å². The summed E-state index contributed by atoms with van der Waals surface area (Å²) >= 11 is 0. The number of rotatable bonds is 5. The minimum atomic E-state index is 0.467. The molecule has 2 N–H and O–H groups in total. The fraction of sp³-hybridized carbons (Fsp3) is 0.375. The Hall–Kier alpha value is -2.90. The van der Waals surface area contributed by atoms with Crippen LogP contribution in [0.3, 0.4) is 0 Å². The number of benzene rings is 1. The Morgan fingerprint density at radius 1 is 1.17 bits per heavy atom. The van der Waals surface area contributed by atoms with Crippen molar-refractivity contribution in [1.82, 2.24) is 34.9 Å². The monoisotopic (exact) mass is 326 g/mol. The van der Waals surface area contributed by atoms with E-state index in [0.29, 0.717) is 13.1 Å². The maximum Gasteiger partial charge on any atom is 0.192 e. The Morgan fingerprint density at radius 2 is 2.00 bits per heavy atom. The molecule has 1 aromatic carbocycles. The highest BCUT2D eigenvalue weighted by Crippen LogP contribution is 2.13. The molecule has 0 atom stereocenters. The van der Waals surface area contributed by atoms with Crippen LogP contribution in [0.5, 0.6) is 0 Å². The first-order chi connectivity index (χ1) is 11.7. The number of nitrogens with zero attached hydrogens (tertiary/aromatic N) is 6. The molecule has 2 heterocycles. The van der Waals surface area contributed by atoms with Gasteiger partial charge in [0, 0.05) is 20.6 Å². The van der Waals surface area contributed by atoms with Gasteiger partial charge in [-0.2, -0.15) is 5.10 Å². The molecule has 126 valence electrons. The van der Waals surface area contributed by atoms with E-state index in [9.17, 15) is 0 Å². The zero-order chi connectivity index (χ0) is 16.9. The third-order valence-electron chi connectivity index (χ3n) is 3.82. The number of hydrogen-bond donors (Lipinski definition) is 2. The van der Waals surface area contributed by atoms with Crippen molar-refractivity contribution in [2.24, 2.45) is 19.1 Å².